The number of aromatic nitrogens is 4. The summed E-state index contributed by atoms with van der Waals surface area (Å²) in [7, 11) is 0. The molecular formula is C9H13N5O3. The van der Waals surface area contributed by atoms with E-state index < -0.39 is 5.97 Å². The second kappa shape index (κ2) is 4.89. The Balaban J connectivity index is 1.85. The fourth-order valence-electron chi connectivity index (χ4n) is 1.97. The monoisotopic (exact) mass is 239 g/mol. The number of carbonyl (C=O) groups is 2. The Labute approximate surface area is 97.0 Å². The van der Waals surface area contributed by atoms with Gasteiger partial charge in [-0.05, 0) is 24.0 Å². The number of tetrazole rings is 1. The van der Waals surface area contributed by atoms with Crippen molar-refractivity contribution in [1.29, 1.82) is 0 Å². The molecule has 2 N–H and O–H groups in total. The van der Waals surface area contributed by atoms with Crippen LogP contribution in [0.4, 0.5) is 0 Å². The molecule has 1 aliphatic rings. The van der Waals surface area contributed by atoms with Crippen molar-refractivity contribution in [2.75, 3.05) is 13.1 Å². The number of hydrogen-bond acceptors (Lipinski definition) is 5. The van der Waals surface area contributed by atoms with Crippen LogP contribution in [0, 0.1) is 5.92 Å². The molecule has 1 aliphatic heterocycles. The summed E-state index contributed by atoms with van der Waals surface area (Å²) in [6.07, 6.45) is 1.58. The quantitative estimate of drug-likeness (QED) is 0.734. The number of nitrogens with zero attached hydrogens (tertiary/aromatic N) is 4. The van der Waals surface area contributed by atoms with Gasteiger partial charge in [0.1, 0.15) is 0 Å². The summed E-state index contributed by atoms with van der Waals surface area (Å²) >= 11 is 0. The van der Waals surface area contributed by atoms with E-state index in [2.05, 4.69) is 20.6 Å². The van der Waals surface area contributed by atoms with Gasteiger partial charge in [0.05, 0.1) is 0 Å². The van der Waals surface area contributed by atoms with Gasteiger partial charge in [-0.25, -0.2) is 0 Å². The van der Waals surface area contributed by atoms with Crippen molar-refractivity contribution in [3.63, 3.8) is 0 Å². The van der Waals surface area contributed by atoms with Crippen LogP contribution < -0.4 is 0 Å². The average molecular weight is 239 g/mol. The number of hydrogen-bond donors (Lipinski definition) is 2. The van der Waals surface area contributed by atoms with E-state index in [0.29, 0.717) is 19.5 Å². The maximum Gasteiger partial charge on any atom is 0.303 e. The third-order valence-corrected chi connectivity index (χ3v) is 2.88. The van der Waals surface area contributed by atoms with Crippen molar-refractivity contribution >= 4 is 11.9 Å². The van der Waals surface area contributed by atoms with Crippen molar-refractivity contribution in [2.45, 2.75) is 19.3 Å². The molecule has 0 spiro atoms. The molecule has 0 aromatic carbocycles. The normalized spacial score (nSPS) is 19.5. The van der Waals surface area contributed by atoms with E-state index in [-0.39, 0.29) is 24.1 Å². The average Bonchev–Trinajstić information content (AvgIpc) is 2.97. The van der Waals surface area contributed by atoms with Crippen LogP contribution in [0.5, 0.6) is 0 Å². The first-order chi connectivity index (χ1) is 8.16. The molecule has 1 atom stereocenters. The van der Waals surface area contributed by atoms with Gasteiger partial charge in [0, 0.05) is 19.5 Å². The Bertz CT molecular complexity index is 405. The van der Waals surface area contributed by atoms with E-state index in [1.807, 2.05) is 0 Å². The summed E-state index contributed by atoms with van der Waals surface area (Å²) in [6, 6.07) is 0. The van der Waals surface area contributed by atoms with Crippen LogP contribution in [-0.4, -0.2) is 55.6 Å². The van der Waals surface area contributed by atoms with E-state index >= 15 is 0 Å². The SMILES string of the molecule is O=C(O)CCC1CCN(C(=O)c2nn[nH]n2)C1. The lowest BCUT2D eigenvalue weighted by Crippen LogP contribution is -2.29. The van der Waals surface area contributed by atoms with Gasteiger partial charge in [-0.1, -0.05) is 0 Å². The molecule has 0 saturated carbocycles. The molecule has 17 heavy (non-hydrogen) atoms. The van der Waals surface area contributed by atoms with E-state index in [4.69, 9.17) is 5.11 Å². The number of carbonyl (C=O) groups excluding carboxylic acids is 1. The zero-order valence-corrected chi connectivity index (χ0v) is 9.17. The minimum Gasteiger partial charge on any atom is -0.481 e. The molecule has 8 nitrogen and oxygen atoms in total. The van der Waals surface area contributed by atoms with Gasteiger partial charge in [-0.3, -0.25) is 9.59 Å². The van der Waals surface area contributed by atoms with Crippen LogP contribution in [0.1, 0.15) is 29.9 Å². The summed E-state index contributed by atoms with van der Waals surface area (Å²) in [5.74, 6) is -0.740. The second-order valence-corrected chi connectivity index (χ2v) is 4.07. The molecular weight excluding hydrogens is 226 g/mol. The Morgan fingerprint density at radius 2 is 2.35 bits per heavy atom. The van der Waals surface area contributed by atoms with Crippen LogP contribution in [0.15, 0.2) is 0 Å². The molecule has 1 aromatic rings. The lowest BCUT2D eigenvalue weighted by molar-refractivity contribution is -0.137. The van der Waals surface area contributed by atoms with E-state index in [1.165, 1.54) is 0 Å². The van der Waals surface area contributed by atoms with Crippen LogP contribution in [0.25, 0.3) is 0 Å². The van der Waals surface area contributed by atoms with Crippen LogP contribution in [0.2, 0.25) is 0 Å². The number of H-pyrrole nitrogens is 1. The number of likely N-dealkylation sites (tertiary alicyclic amines) is 1. The molecule has 0 aliphatic carbocycles. The Morgan fingerprint density at radius 3 is 3.00 bits per heavy atom. The lowest BCUT2D eigenvalue weighted by atomic mass is 10.0. The number of aliphatic carboxylic acids is 1. The van der Waals surface area contributed by atoms with Gasteiger partial charge in [0.25, 0.3) is 11.7 Å². The molecule has 0 radical (unpaired) electrons. The maximum absolute atomic E-state index is 11.8. The fourth-order valence-corrected chi connectivity index (χ4v) is 1.97. The predicted molar refractivity (Wildman–Crippen MR) is 55.1 cm³/mol. The van der Waals surface area contributed by atoms with Gasteiger partial charge in [0.2, 0.25) is 0 Å². The maximum atomic E-state index is 11.8. The number of carboxylic acids is 1. The second-order valence-electron chi connectivity index (χ2n) is 4.07. The van der Waals surface area contributed by atoms with Gasteiger partial charge in [-0.2, -0.15) is 5.21 Å². The third-order valence-electron chi connectivity index (χ3n) is 2.88. The summed E-state index contributed by atoms with van der Waals surface area (Å²) in [4.78, 5) is 23.9. The highest BCUT2D eigenvalue weighted by Gasteiger charge is 2.28. The zero-order chi connectivity index (χ0) is 12.3. The molecule has 1 fully saturated rings. The van der Waals surface area contributed by atoms with Crippen molar-refractivity contribution in [3.05, 3.63) is 5.82 Å². The standard InChI is InChI=1S/C9H13N5O3/c15-7(16)2-1-6-3-4-14(5-6)9(17)8-10-12-13-11-8/h6H,1-5H2,(H,15,16)(H,10,11,12,13). The zero-order valence-electron chi connectivity index (χ0n) is 9.17. The number of amides is 1. The summed E-state index contributed by atoms with van der Waals surface area (Å²) in [5.41, 5.74) is 0. The first kappa shape index (κ1) is 11.5. The van der Waals surface area contributed by atoms with E-state index in [1.54, 1.807) is 4.90 Å². The van der Waals surface area contributed by atoms with Gasteiger partial charge >= 0.3 is 5.97 Å². The highest BCUT2D eigenvalue weighted by Crippen LogP contribution is 2.21. The predicted octanol–water partition coefficient (Wildman–Crippen LogP) is -0.473. The summed E-state index contributed by atoms with van der Waals surface area (Å²) in [5, 5.41) is 21.4. The van der Waals surface area contributed by atoms with E-state index in [9.17, 15) is 9.59 Å². The van der Waals surface area contributed by atoms with Gasteiger partial charge in [-0.15, -0.1) is 10.2 Å². The molecule has 1 unspecified atom stereocenters. The molecule has 2 heterocycles. The summed E-state index contributed by atoms with van der Waals surface area (Å²) in [6.45, 7) is 1.19. The van der Waals surface area contributed by atoms with Gasteiger partial charge in [0.15, 0.2) is 0 Å². The molecule has 0 bridgehead atoms. The molecule has 1 aromatic heterocycles. The number of nitrogens with one attached hydrogen (secondary N) is 1. The fraction of sp³-hybridized carbons (Fsp3) is 0.667. The van der Waals surface area contributed by atoms with Crippen molar-refractivity contribution in [2.24, 2.45) is 5.92 Å². The molecule has 1 saturated heterocycles. The first-order valence-corrected chi connectivity index (χ1v) is 5.41. The molecule has 2 rings (SSSR count). The minimum absolute atomic E-state index is 0.0592. The third kappa shape index (κ3) is 2.77. The minimum atomic E-state index is -0.798. The molecule has 92 valence electrons. The van der Waals surface area contributed by atoms with Crippen molar-refractivity contribution in [3.8, 4) is 0 Å². The van der Waals surface area contributed by atoms with Gasteiger partial charge < -0.3 is 10.0 Å². The smallest absolute Gasteiger partial charge is 0.303 e. The first-order valence-electron chi connectivity index (χ1n) is 5.41. The topological polar surface area (TPSA) is 112 Å². The van der Waals surface area contributed by atoms with Crippen molar-refractivity contribution in [1.82, 2.24) is 25.5 Å². The highest BCUT2D eigenvalue weighted by molar-refractivity contribution is 5.90. The summed E-state index contributed by atoms with van der Waals surface area (Å²) < 4.78 is 0. The Hall–Kier alpha value is -1.99. The van der Waals surface area contributed by atoms with E-state index in [0.717, 1.165) is 6.42 Å². The van der Waals surface area contributed by atoms with Crippen LogP contribution in [-0.2, 0) is 4.79 Å². The Kier molecular flexibility index (Phi) is 3.31. The molecule has 1 amide bonds. The number of carboxylic acid groups (broad SMARTS) is 1. The van der Waals surface area contributed by atoms with Crippen LogP contribution in [0.3, 0.4) is 0 Å². The van der Waals surface area contributed by atoms with Crippen LogP contribution >= 0.6 is 0 Å². The number of rotatable bonds is 4. The largest absolute Gasteiger partial charge is 0.481 e. The lowest BCUT2D eigenvalue weighted by Gasteiger charge is -2.13. The van der Waals surface area contributed by atoms with Crippen molar-refractivity contribution < 1.29 is 14.7 Å². The highest BCUT2D eigenvalue weighted by atomic mass is 16.4. The molecule has 8 heteroatoms. The number of aromatic amines is 1. The Morgan fingerprint density at radius 1 is 1.53 bits per heavy atom.